The van der Waals surface area contributed by atoms with Crippen LogP contribution in [0.3, 0.4) is 0 Å². The van der Waals surface area contributed by atoms with E-state index in [1.807, 2.05) is 37.3 Å². The molecule has 3 aromatic rings. The number of ether oxygens (including phenoxy) is 3. The lowest BCUT2D eigenvalue weighted by Gasteiger charge is -2.28. The molecule has 0 saturated carbocycles. The summed E-state index contributed by atoms with van der Waals surface area (Å²) in [5, 5.41) is 0.476. The quantitative estimate of drug-likeness (QED) is 0.483. The van der Waals surface area contributed by atoms with Crippen LogP contribution in [0.5, 0.6) is 11.5 Å². The topological polar surface area (TPSA) is 78.2 Å². The Morgan fingerprint density at radius 1 is 1.11 bits per heavy atom. The summed E-state index contributed by atoms with van der Waals surface area (Å²) in [5.41, 5.74) is 2.32. The number of hydrogen-bond acceptors (Lipinski definition) is 6. The second-order valence-electron chi connectivity index (χ2n) is 9.78. The molecule has 1 aromatic heterocycles. The Morgan fingerprint density at radius 2 is 1.94 bits per heavy atom. The summed E-state index contributed by atoms with van der Waals surface area (Å²) in [4.78, 5) is 29.1. The Morgan fingerprint density at radius 3 is 2.66 bits per heavy atom. The standard InChI is InChI=1S/C28H31NO6/c1-16(2)15-34-22-10-8-18(13-23(22)32-4)25-24-26(30)20-12-17(3)7-9-21(20)35-27(24)28(31)29(25)14-19-6-5-11-33-19/h7-10,12-13,16,19,25H,5-6,11,14-15H2,1-4H3/t19-,25-/m0/s1. The Hall–Kier alpha value is -3.32. The Bertz CT molecular complexity index is 1320. The number of fused-ring (bicyclic) bond motifs is 2. The number of aryl methyl sites for hydroxylation is 1. The van der Waals surface area contributed by atoms with Gasteiger partial charge in [0.25, 0.3) is 5.91 Å². The highest BCUT2D eigenvalue weighted by molar-refractivity contribution is 5.99. The minimum atomic E-state index is -0.601. The zero-order chi connectivity index (χ0) is 24.7. The average Bonchev–Trinajstić information content (AvgIpc) is 3.45. The van der Waals surface area contributed by atoms with Crippen LogP contribution in [0.1, 0.15) is 60.0 Å². The molecule has 1 saturated heterocycles. The van der Waals surface area contributed by atoms with Crippen molar-refractivity contribution < 1.29 is 23.4 Å². The molecule has 35 heavy (non-hydrogen) atoms. The van der Waals surface area contributed by atoms with E-state index in [-0.39, 0.29) is 23.2 Å². The summed E-state index contributed by atoms with van der Waals surface area (Å²) in [5.74, 6) is 1.36. The van der Waals surface area contributed by atoms with Crippen molar-refractivity contribution >= 4 is 16.9 Å². The van der Waals surface area contributed by atoms with Crippen LogP contribution < -0.4 is 14.9 Å². The van der Waals surface area contributed by atoms with Gasteiger partial charge in [-0.25, -0.2) is 0 Å². The van der Waals surface area contributed by atoms with Gasteiger partial charge in [0, 0.05) is 13.2 Å². The highest BCUT2D eigenvalue weighted by atomic mass is 16.5. The first-order valence-corrected chi connectivity index (χ1v) is 12.2. The van der Waals surface area contributed by atoms with Crippen LogP contribution in [-0.4, -0.2) is 43.8 Å². The zero-order valence-electron chi connectivity index (χ0n) is 20.6. The van der Waals surface area contributed by atoms with Gasteiger partial charge in [0.15, 0.2) is 16.9 Å². The highest BCUT2D eigenvalue weighted by Gasteiger charge is 2.44. The number of carbonyl (C=O) groups is 1. The van der Waals surface area contributed by atoms with Crippen LogP contribution >= 0.6 is 0 Å². The average molecular weight is 478 g/mol. The van der Waals surface area contributed by atoms with Crippen LogP contribution in [0.4, 0.5) is 0 Å². The number of carbonyl (C=O) groups excluding carboxylic acids is 1. The zero-order valence-corrected chi connectivity index (χ0v) is 20.6. The second-order valence-corrected chi connectivity index (χ2v) is 9.78. The third-order valence-corrected chi connectivity index (χ3v) is 6.62. The molecule has 0 radical (unpaired) electrons. The van der Waals surface area contributed by atoms with Crippen molar-refractivity contribution in [1.29, 1.82) is 0 Å². The predicted molar refractivity (Wildman–Crippen MR) is 132 cm³/mol. The Kier molecular flexibility index (Phi) is 6.28. The van der Waals surface area contributed by atoms with Gasteiger partial charge in [0.2, 0.25) is 5.76 Å². The van der Waals surface area contributed by atoms with E-state index in [2.05, 4.69) is 13.8 Å². The molecular formula is C28H31NO6. The van der Waals surface area contributed by atoms with E-state index in [9.17, 15) is 9.59 Å². The van der Waals surface area contributed by atoms with Crippen LogP contribution in [0, 0.1) is 12.8 Å². The largest absolute Gasteiger partial charge is 0.493 e. The molecule has 7 heteroatoms. The number of rotatable bonds is 7. The predicted octanol–water partition coefficient (Wildman–Crippen LogP) is 4.87. The van der Waals surface area contributed by atoms with Crippen molar-refractivity contribution in [2.75, 3.05) is 26.9 Å². The Balaban J connectivity index is 1.64. The van der Waals surface area contributed by atoms with E-state index in [1.165, 1.54) is 0 Å². The molecular weight excluding hydrogens is 446 g/mol. The molecule has 1 fully saturated rings. The van der Waals surface area contributed by atoms with Crippen molar-refractivity contribution in [2.24, 2.45) is 5.92 Å². The molecule has 0 bridgehead atoms. The summed E-state index contributed by atoms with van der Waals surface area (Å²) < 4.78 is 23.4. The van der Waals surface area contributed by atoms with Gasteiger partial charge in [-0.15, -0.1) is 0 Å². The van der Waals surface area contributed by atoms with Crippen molar-refractivity contribution in [3.8, 4) is 11.5 Å². The SMILES string of the molecule is COc1cc([C@H]2c3c(oc4ccc(C)cc4c3=O)C(=O)N2C[C@@H]2CCCO2)ccc1OCC(C)C. The smallest absolute Gasteiger partial charge is 0.291 e. The summed E-state index contributed by atoms with van der Waals surface area (Å²) in [6.45, 7) is 7.71. The number of benzene rings is 2. The molecule has 0 spiro atoms. The molecule has 7 nitrogen and oxygen atoms in total. The van der Waals surface area contributed by atoms with Crippen LogP contribution in [-0.2, 0) is 4.74 Å². The summed E-state index contributed by atoms with van der Waals surface area (Å²) >= 11 is 0. The molecule has 184 valence electrons. The van der Waals surface area contributed by atoms with Gasteiger partial charge in [-0.05, 0) is 55.5 Å². The number of hydrogen-bond donors (Lipinski definition) is 0. The Labute approximate surface area is 204 Å². The molecule has 0 unspecified atom stereocenters. The lowest BCUT2D eigenvalue weighted by molar-refractivity contribution is 0.0486. The first-order chi connectivity index (χ1) is 16.9. The van der Waals surface area contributed by atoms with Crippen molar-refractivity contribution in [1.82, 2.24) is 4.90 Å². The summed E-state index contributed by atoms with van der Waals surface area (Å²) in [6, 6.07) is 10.4. The molecule has 0 N–H and O–H groups in total. The van der Waals surface area contributed by atoms with Crippen LogP contribution in [0.2, 0.25) is 0 Å². The molecule has 1 amide bonds. The van der Waals surface area contributed by atoms with Gasteiger partial charge in [-0.1, -0.05) is 31.5 Å². The number of amides is 1. The number of methoxy groups -OCH3 is 1. The molecule has 2 aromatic carbocycles. The lowest BCUT2D eigenvalue weighted by Crippen LogP contribution is -2.36. The molecule has 0 aliphatic carbocycles. The molecule has 2 aliphatic rings. The van der Waals surface area contributed by atoms with E-state index in [1.54, 1.807) is 18.1 Å². The molecule has 2 aliphatic heterocycles. The molecule has 5 rings (SSSR count). The van der Waals surface area contributed by atoms with E-state index in [4.69, 9.17) is 18.6 Å². The van der Waals surface area contributed by atoms with Crippen molar-refractivity contribution in [2.45, 2.75) is 45.8 Å². The fourth-order valence-corrected chi connectivity index (χ4v) is 4.91. The first kappa shape index (κ1) is 23.4. The summed E-state index contributed by atoms with van der Waals surface area (Å²) in [6.07, 6.45) is 1.76. The van der Waals surface area contributed by atoms with Crippen molar-refractivity contribution in [3.05, 3.63) is 69.1 Å². The third-order valence-electron chi connectivity index (χ3n) is 6.62. The number of nitrogens with zero attached hydrogens (tertiary/aromatic N) is 1. The van der Waals surface area contributed by atoms with Crippen LogP contribution in [0.25, 0.3) is 11.0 Å². The highest BCUT2D eigenvalue weighted by Crippen LogP contribution is 2.41. The van der Waals surface area contributed by atoms with Gasteiger partial charge in [-0.3, -0.25) is 9.59 Å². The van der Waals surface area contributed by atoms with Gasteiger partial charge in [-0.2, -0.15) is 0 Å². The maximum absolute atomic E-state index is 13.8. The third kappa shape index (κ3) is 4.29. The van der Waals surface area contributed by atoms with E-state index >= 15 is 0 Å². The van der Waals surface area contributed by atoms with E-state index in [0.717, 1.165) is 24.0 Å². The van der Waals surface area contributed by atoms with Crippen LogP contribution in [0.15, 0.2) is 45.6 Å². The summed E-state index contributed by atoms with van der Waals surface area (Å²) in [7, 11) is 1.59. The first-order valence-electron chi connectivity index (χ1n) is 12.2. The van der Waals surface area contributed by atoms with E-state index in [0.29, 0.717) is 53.7 Å². The normalized spacial score (nSPS) is 19.6. The maximum atomic E-state index is 13.8. The minimum Gasteiger partial charge on any atom is -0.493 e. The fraction of sp³-hybridized carbons (Fsp3) is 0.429. The van der Waals surface area contributed by atoms with Gasteiger partial charge in [0.05, 0.1) is 36.8 Å². The molecule has 3 heterocycles. The van der Waals surface area contributed by atoms with Gasteiger partial charge in [0.1, 0.15) is 5.58 Å². The minimum absolute atomic E-state index is 0.0712. The van der Waals surface area contributed by atoms with Crippen molar-refractivity contribution in [3.63, 3.8) is 0 Å². The second kappa shape index (κ2) is 9.38. The molecule has 2 atom stereocenters. The lowest BCUT2D eigenvalue weighted by atomic mass is 9.97. The van der Waals surface area contributed by atoms with E-state index < -0.39 is 6.04 Å². The fourth-order valence-electron chi connectivity index (χ4n) is 4.91. The van der Waals surface area contributed by atoms with Gasteiger partial charge < -0.3 is 23.5 Å². The monoisotopic (exact) mass is 477 g/mol. The maximum Gasteiger partial charge on any atom is 0.291 e. The van der Waals surface area contributed by atoms with Gasteiger partial charge >= 0.3 is 0 Å².